The summed E-state index contributed by atoms with van der Waals surface area (Å²) < 4.78 is 34.1. The number of hydrogen-bond donors (Lipinski definition) is 2. The second-order valence-electron chi connectivity index (χ2n) is 5.74. The fraction of sp³-hybridized carbons (Fsp3) is 0.529. The van der Waals surface area contributed by atoms with E-state index in [0.717, 1.165) is 0 Å². The number of esters is 1. The number of ether oxygens (including phenoxy) is 1. The van der Waals surface area contributed by atoms with Crippen molar-refractivity contribution in [3.63, 3.8) is 0 Å². The third-order valence-corrected chi connectivity index (χ3v) is 5.80. The number of H-pyrrole nitrogens is 2. The van der Waals surface area contributed by atoms with Gasteiger partial charge in [0.1, 0.15) is 11.9 Å². The Balaban J connectivity index is 2.42. The molecule has 0 aliphatic rings. The SMILES string of the molecule is CCOC(=O)c1cc(Cc2c(C)[nH][nH]c2=O)c(CP(=O)(OCC)OCC)o1. The molecule has 10 heteroatoms. The quantitative estimate of drug-likeness (QED) is 0.464. The molecular weight excluding hydrogens is 375 g/mol. The summed E-state index contributed by atoms with van der Waals surface area (Å²) in [5, 5.41) is 5.26. The van der Waals surface area contributed by atoms with Crippen molar-refractivity contribution in [2.24, 2.45) is 0 Å². The van der Waals surface area contributed by atoms with Crippen molar-refractivity contribution in [3.05, 3.63) is 44.8 Å². The molecule has 0 atom stereocenters. The maximum Gasteiger partial charge on any atom is 0.374 e. The number of nitrogens with one attached hydrogen (secondary N) is 2. The maximum atomic E-state index is 12.9. The predicted octanol–water partition coefficient (Wildman–Crippen LogP) is 3.14. The van der Waals surface area contributed by atoms with Crippen molar-refractivity contribution in [2.75, 3.05) is 19.8 Å². The maximum absolute atomic E-state index is 12.9. The summed E-state index contributed by atoms with van der Waals surface area (Å²) in [6.45, 7) is 7.46. The van der Waals surface area contributed by atoms with E-state index in [9.17, 15) is 14.2 Å². The van der Waals surface area contributed by atoms with Crippen molar-refractivity contribution < 1.29 is 27.6 Å². The van der Waals surface area contributed by atoms with Gasteiger partial charge in [0.25, 0.3) is 5.56 Å². The van der Waals surface area contributed by atoms with Crippen molar-refractivity contribution in [2.45, 2.75) is 40.3 Å². The van der Waals surface area contributed by atoms with Gasteiger partial charge in [0, 0.05) is 17.7 Å². The average molecular weight is 400 g/mol. The van der Waals surface area contributed by atoms with Crippen LogP contribution >= 0.6 is 7.60 Å². The molecule has 2 heterocycles. The molecule has 0 aromatic carbocycles. The largest absolute Gasteiger partial charge is 0.460 e. The topological polar surface area (TPSA) is 124 Å². The van der Waals surface area contributed by atoms with E-state index >= 15 is 0 Å². The summed E-state index contributed by atoms with van der Waals surface area (Å²) in [5.74, 6) is -0.387. The minimum absolute atomic E-state index is 0.0222. The zero-order valence-electron chi connectivity index (χ0n) is 15.9. The third-order valence-electron chi connectivity index (χ3n) is 3.82. The molecule has 0 fully saturated rings. The zero-order chi connectivity index (χ0) is 20.0. The smallest absolute Gasteiger partial charge is 0.374 e. The highest BCUT2D eigenvalue weighted by atomic mass is 31.2. The lowest BCUT2D eigenvalue weighted by Gasteiger charge is -2.16. The Morgan fingerprint density at radius 2 is 1.81 bits per heavy atom. The minimum Gasteiger partial charge on any atom is -0.460 e. The summed E-state index contributed by atoms with van der Waals surface area (Å²) in [4.78, 5) is 24.0. The first-order chi connectivity index (χ1) is 12.8. The molecule has 2 rings (SSSR count). The molecule has 150 valence electrons. The predicted molar refractivity (Wildman–Crippen MR) is 98.2 cm³/mol. The first-order valence-electron chi connectivity index (χ1n) is 8.76. The van der Waals surface area contributed by atoms with Gasteiger partial charge in [-0.15, -0.1) is 0 Å². The molecule has 0 bridgehead atoms. The summed E-state index contributed by atoms with van der Waals surface area (Å²) >= 11 is 0. The van der Waals surface area contributed by atoms with Crippen LogP contribution in [0.4, 0.5) is 0 Å². The molecule has 0 aliphatic heterocycles. The number of aryl methyl sites for hydroxylation is 1. The highest BCUT2D eigenvalue weighted by Gasteiger charge is 2.30. The Morgan fingerprint density at radius 3 is 2.33 bits per heavy atom. The lowest BCUT2D eigenvalue weighted by atomic mass is 10.1. The van der Waals surface area contributed by atoms with E-state index in [1.165, 1.54) is 6.07 Å². The molecule has 0 spiro atoms. The van der Waals surface area contributed by atoms with Gasteiger partial charge in [-0.25, -0.2) is 4.79 Å². The zero-order valence-corrected chi connectivity index (χ0v) is 16.8. The van der Waals surface area contributed by atoms with Crippen LogP contribution in [-0.2, 0) is 30.9 Å². The first kappa shape index (κ1) is 21.2. The molecule has 0 amide bonds. The Labute approximate surface area is 156 Å². The molecule has 0 saturated carbocycles. The van der Waals surface area contributed by atoms with Crippen LogP contribution in [0.1, 0.15) is 53.9 Å². The molecule has 0 aliphatic carbocycles. The van der Waals surface area contributed by atoms with E-state index in [2.05, 4.69) is 10.2 Å². The molecule has 27 heavy (non-hydrogen) atoms. The lowest BCUT2D eigenvalue weighted by Crippen LogP contribution is -2.08. The van der Waals surface area contributed by atoms with Crippen LogP contribution in [0.25, 0.3) is 0 Å². The Kier molecular flexibility index (Phi) is 7.24. The summed E-state index contributed by atoms with van der Waals surface area (Å²) in [6.07, 6.45) is 0.0476. The second-order valence-corrected chi connectivity index (χ2v) is 7.80. The molecule has 2 aromatic rings. The van der Waals surface area contributed by atoms with Gasteiger partial charge >= 0.3 is 13.6 Å². The first-order valence-corrected chi connectivity index (χ1v) is 10.5. The summed E-state index contributed by atoms with van der Waals surface area (Å²) in [6, 6.07) is 1.50. The van der Waals surface area contributed by atoms with Crippen LogP contribution in [-0.4, -0.2) is 36.0 Å². The van der Waals surface area contributed by atoms with E-state index in [0.29, 0.717) is 16.8 Å². The normalized spacial score (nSPS) is 11.7. The molecule has 0 saturated heterocycles. The minimum atomic E-state index is -3.45. The van der Waals surface area contributed by atoms with E-state index in [1.807, 2.05) is 0 Å². The van der Waals surface area contributed by atoms with Gasteiger partial charge in [0.15, 0.2) is 0 Å². The van der Waals surface area contributed by atoms with E-state index < -0.39 is 13.6 Å². The van der Waals surface area contributed by atoms with Gasteiger partial charge in [-0.1, -0.05) is 0 Å². The number of aromatic nitrogens is 2. The van der Waals surface area contributed by atoms with E-state index in [4.69, 9.17) is 18.2 Å². The fourth-order valence-corrected chi connectivity index (χ4v) is 4.29. The van der Waals surface area contributed by atoms with Crippen LogP contribution in [0.5, 0.6) is 0 Å². The van der Waals surface area contributed by atoms with Crippen LogP contribution in [0, 0.1) is 6.92 Å². The van der Waals surface area contributed by atoms with Gasteiger partial charge in [-0.05, 0) is 39.3 Å². The van der Waals surface area contributed by atoms with Gasteiger partial charge in [-0.3, -0.25) is 14.5 Å². The van der Waals surface area contributed by atoms with E-state index in [-0.39, 0.29) is 49.5 Å². The van der Waals surface area contributed by atoms with Crippen molar-refractivity contribution in [1.29, 1.82) is 0 Å². The van der Waals surface area contributed by atoms with Gasteiger partial charge < -0.3 is 23.3 Å². The average Bonchev–Trinajstić information content (AvgIpc) is 3.14. The van der Waals surface area contributed by atoms with Crippen LogP contribution in [0.15, 0.2) is 15.3 Å². The number of carbonyl (C=O) groups is 1. The second kappa shape index (κ2) is 9.21. The van der Waals surface area contributed by atoms with E-state index in [1.54, 1.807) is 27.7 Å². The molecule has 0 radical (unpaired) electrons. The highest BCUT2D eigenvalue weighted by Crippen LogP contribution is 2.52. The Bertz CT molecular complexity index is 870. The highest BCUT2D eigenvalue weighted by molar-refractivity contribution is 7.53. The Hall–Kier alpha value is -2.09. The molecule has 9 nitrogen and oxygen atoms in total. The lowest BCUT2D eigenvalue weighted by molar-refractivity contribution is 0.0488. The van der Waals surface area contributed by atoms with Gasteiger partial charge in [-0.2, -0.15) is 0 Å². The number of aromatic amines is 2. The fourth-order valence-electron chi connectivity index (χ4n) is 2.63. The van der Waals surface area contributed by atoms with Crippen LogP contribution in [0.3, 0.4) is 0 Å². The summed E-state index contributed by atoms with van der Waals surface area (Å²) in [7, 11) is -3.45. The molecule has 0 unspecified atom stereocenters. The summed E-state index contributed by atoms with van der Waals surface area (Å²) in [5.41, 5.74) is 1.44. The molecular formula is C17H25N2O7P. The van der Waals surface area contributed by atoms with Gasteiger partial charge in [0.2, 0.25) is 5.76 Å². The Morgan fingerprint density at radius 1 is 1.15 bits per heavy atom. The van der Waals surface area contributed by atoms with Crippen LogP contribution in [0.2, 0.25) is 0 Å². The molecule has 2 N–H and O–H groups in total. The number of carbonyl (C=O) groups excluding carboxylic acids is 1. The van der Waals surface area contributed by atoms with Gasteiger partial charge in [0.05, 0.1) is 19.8 Å². The van der Waals surface area contributed by atoms with Crippen molar-refractivity contribution in [1.82, 2.24) is 10.2 Å². The number of rotatable bonds is 10. The number of hydrogen-bond acceptors (Lipinski definition) is 7. The monoisotopic (exact) mass is 400 g/mol. The molecule has 2 aromatic heterocycles. The van der Waals surface area contributed by atoms with Crippen LogP contribution < -0.4 is 5.56 Å². The van der Waals surface area contributed by atoms with Crippen molar-refractivity contribution >= 4 is 13.6 Å². The third kappa shape index (κ3) is 5.22. The van der Waals surface area contributed by atoms with Crippen molar-refractivity contribution in [3.8, 4) is 0 Å². The standard InChI is InChI=1S/C17H25N2O7P/c1-5-23-17(21)14-9-12(8-13-11(4)18-19-16(13)20)15(26-14)10-27(22,24-6-2)25-7-3/h9H,5-8,10H2,1-4H3,(H2,18,19,20). The number of furan rings is 1.